The van der Waals surface area contributed by atoms with E-state index in [9.17, 15) is 19.5 Å². The molecule has 0 radical (unpaired) electrons. The van der Waals surface area contributed by atoms with Crippen molar-refractivity contribution in [3.8, 4) is 0 Å². The van der Waals surface area contributed by atoms with Gasteiger partial charge in [-0.15, -0.1) is 0 Å². The number of nitrogens with zero attached hydrogens (tertiary/aromatic N) is 2. The molecule has 1 amide bonds. The predicted molar refractivity (Wildman–Crippen MR) is 89.6 cm³/mol. The summed E-state index contributed by atoms with van der Waals surface area (Å²) in [5.74, 6) is -1.90. The van der Waals surface area contributed by atoms with Gasteiger partial charge in [-0.3, -0.25) is 14.2 Å². The lowest BCUT2D eigenvalue weighted by Crippen LogP contribution is -2.46. The summed E-state index contributed by atoms with van der Waals surface area (Å²) in [5.41, 5.74) is -1.75. The smallest absolute Gasteiger partial charge is 0.337 e. The number of hydrogen-bond donors (Lipinski definition) is 3. The van der Waals surface area contributed by atoms with Gasteiger partial charge < -0.3 is 15.5 Å². The predicted octanol–water partition coefficient (Wildman–Crippen LogP) is 0.501. The minimum atomic E-state index is -2.04. The van der Waals surface area contributed by atoms with Crippen LogP contribution >= 0.6 is 15.9 Å². The molecule has 1 atom stereocenters. The highest BCUT2D eigenvalue weighted by Gasteiger charge is 2.30. The number of aliphatic carboxylic acids is 1. The second-order valence-corrected chi connectivity index (χ2v) is 6.43. The van der Waals surface area contributed by atoms with E-state index in [1.807, 2.05) is 0 Å². The van der Waals surface area contributed by atoms with E-state index in [0.717, 1.165) is 11.4 Å². The summed E-state index contributed by atoms with van der Waals surface area (Å²) in [7, 11) is 0. The molecule has 2 rings (SSSR count). The Morgan fingerprint density at radius 3 is 2.79 bits per heavy atom. The van der Waals surface area contributed by atoms with Crippen LogP contribution in [0.1, 0.15) is 13.3 Å². The van der Waals surface area contributed by atoms with Crippen molar-refractivity contribution in [2.24, 2.45) is 0 Å². The van der Waals surface area contributed by atoms with Crippen LogP contribution in [0.25, 0.3) is 10.9 Å². The zero-order chi connectivity index (χ0) is 17.9. The van der Waals surface area contributed by atoms with Crippen molar-refractivity contribution in [1.82, 2.24) is 14.9 Å². The van der Waals surface area contributed by atoms with Gasteiger partial charge in [0.1, 0.15) is 0 Å². The molecular formula is C15H16BrN3O5. The number of carbonyl (C=O) groups is 2. The SMILES string of the molecule is CC(O)(CNC(=O)CCn1cnc2ccc(Br)cc2c1=O)C(=O)O. The third kappa shape index (κ3) is 4.18. The van der Waals surface area contributed by atoms with E-state index in [2.05, 4.69) is 26.2 Å². The third-order valence-electron chi connectivity index (χ3n) is 3.46. The Morgan fingerprint density at radius 1 is 1.42 bits per heavy atom. The average Bonchev–Trinajstić information content (AvgIpc) is 2.52. The molecule has 2 aromatic rings. The van der Waals surface area contributed by atoms with Gasteiger partial charge in [0.2, 0.25) is 5.91 Å². The van der Waals surface area contributed by atoms with E-state index >= 15 is 0 Å². The van der Waals surface area contributed by atoms with Crippen LogP contribution in [0.3, 0.4) is 0 Å². The van der Waals surface area contributed by atoms with Crippen molar-refractivity contribution in [2.75, 3.05) is 6.54 Å². The highest BCUT2D eigenvalue weighted by atomic mass is 79.9. The van der Waals surface area contributed by atoms with E-state index in [4.69, 9.17) is 5.11 Å². The van der Waals surface area contributed by atoms with E-state index in [1.54, 1.807) is 18.2 Å². The van der Waals surface area contributed by atoms with Crippen molar-refractivity contribution in [2.45, 2.75) is 25.5 Å². The summed E-state index contributed by atoms with van der Waals surface area (Å²) >= 11 is 3.29. The van der Waals surface area contributed by atoms with Crippen molar-refractivity contribution in [1.29, 1.82) is 0 Å². The quantitative estimate of drug-likeness (QED) is 0.652. The lowest BCUT2D eigenvalue weighted by molar-refractivity contribution is -0.156. The van der Waals surface area contributed by atoms with Gasteiger partial charge in [-0.05, 0) is 25.1 Å². The molecule has 1 aromatic heterocycles. The first-order chi connectivity index (χ1) is 11.2. The standard InChI is InChI=1S/C15H16BrN3O5/c1-15(24,14(22)23)7-17-12(20)4-5-19-8-18-11-3-2-9(16)6-10(11)13(19)21/h2-3,6,8,24H,4-5,7H2,1H3,(H,17,20)(H,22,23). The Kier molecular flexibility index (Phi) is 5.35. The Morgan fingerprint density at radius 2 is 2.12 bits per heavy atom. The van der Waals surface area contributed by atoms with E-state index in [1.165, 1.54) is 10.9 Å². The summed E-state index contributed by atoms with van der Waals surface area (Å²) < 4.78 is 2.06. The molecule has 0 saturated carbocycles. The topological polar surface area (TPSA) is 122 Å². The molecule has 1 aromatic carbocycles. The second-order valence-electron chi connectivity index (χ2n) is 5.51. The van der Waals surface area contributed by atoms with Gasteiger partial charge in [-0.1, -0.05) is 15.9 Å². The first-order valence-corrected chi connectivity index (χ1v) is 7.87. The number of carboxylic acids is 1. The molecule has 3 N–H and O–H groups in total. The van der Waals surface area contributed by atoms with Crippen LogP contribution < -0.4 is 10.9 Å². The largest absolute Gasteiger partial charge is 0.479 e. The number of benzene rings is 1. The van der Waals surface area contributed by atoms with Crippen LogP contribution in [-0.4, -0.2) is 43.8 Å². The van der Waals surface area contributed by atoms with Gasteiger partial charge >= 0.3 is 5.97 Å². The molecule has 24 heavy (non-hydrogen) atoms. The molecule has 128 valence electrons. The highest BCUT2D eigenvalue weighted by Crippen LogP contribution is 2.14. The van der Waals surface area contributed by atoms with Crippen molar-refractivity contribution >= 4 is 38.7 Å². The van der Waals surface area contributed by atoms with E-state index in [-0.39, 0.29) is 18.5 Å². The molecule has 1 heterocycles. The third-order valence-corrected chi connectivity index (χ3v) is 3.95. The van der Waals surface area contributed by atoms with Crippen LogP contribution in [0.2, 0.25) is 0 Å². The molecule has 0 saturated heterocycles. The van der Waals surface area contributed by atoms with Crippen LogP contribution in [0.4, 0.5) is 0 Å². The Labute approximate surface area is 145 Å². The molecule has 1 unspecified atom stereocenters. The zero-order valence-corrected chi connectivity index (χ0v) is 14.4. The van der Waals surface area contributed by atoms with Gasteiger partial charge in [0.25, 0.3) is 5.56 Å². The van der Waals surface area contributed by atoms with Gasteiger partial charge in [0.15, 0.2) is 5.60 Å². The second kappa shape index (κ2) is 7.10. The molecule has 0 aliphatic rings. The van der Waals surface area contributed by atoms with Gasteiger partial charge in [0, 0.05) is 17.4 Å². The maximum Gasteiger partial charge on any atom is 0.337 e. The Bertz CT molecular complexity index is 847. The molecular weight excluding hydrogens is 382 g/mol. The maximum atomic E-state index is 12.4. The zero-order valence-electron chi connectivity index (χ0n) is 12.8. The number of aliphatic hydroxyl groups is 1. The summed E-state index contributed by atoms with van der Waals surface area (Å²) in [6, 6.07) is 5.15. The summed E-state index contributed by atoms with van der Waals surface area (Å²) in [6.07, 6.45) is 1.32. The highest BCUT2D eigenvalue weighted by molar-refractivity contribution is 9.10. The Hall–Kier alpha value is -2.26. The van der Waals surface area contributed by atoms with Crippen molar-refractivity contribution in [3.63, 3.8) is 0 Å². The number of aromatic nitrogens is 2. The molecule has 0 aliphatic carbocycles. The lowest BCUT2D eigenvalue weighted by atomic mass is 10.1. The molecule has 9 heteroatoms. The van der Waals surface area contributed by atoms with Crippen LogP contribution in [0.15, 0.2) is 33.8 Å². The Balaban J connectivity index is 2.03. The first kappa shape index (κ1) is 18.1. The summed E-state index contributed by atoms with van der Waals surface area (Å²) in [6.45, 7) is 0.763. The number of carbonyl (C=O) groups excluding carboxylic acids is 1. The monoisotopic (exact) mass is 397 g/mol. The maximum absolute atomic E-state index is 12.4. The fourth-order valence-electron chi connectivity index (χ4n) is 1.95. The number of halogens is 1. The van der Waals surface area contributed by atoms with Crippen LogP contribution in [0.5, 0.6) is 0 Å². The number of hydrogen-bond acceptors (Lipinski definition) is 5. The summed E-state index contributed by atoms with van der Waals surface area (Å²) in [5, 5.41) is 21.1. The number of carboxylic acid groups (broad SMARTS) is 1. The first-order valence-electron chi connectivity index (χ1n) is 7.08. The molecule has 0 spiro atoms. The van der Waals surface area contributed by atoms with E-state index < -0.39 is 24.0 Å². The summed E-state index contributed by atoms with van der Waals surface area (Å²) in [4.78, 5) is 39.0. The number of amides is 1. The number of aryl methyl sites for hydroxylation is 1. The number of nitrogens with one attached hydrogen (secondary N) is 1. The normalized spacial score (nSPS) is 13.5. The van der Waals surface area contributed by atoms with Gasteiger partial charge in [-0.25, -0.2) is 9.78 Å². The average molecular weight is 398 g/mol. The molecule has 0 fully saturated rings. The lowest BCUT2D eigenvalue weighted by Gasteiger charge is -2.18. The van der Waals surface area contributed by atoms with Gasteiger partial charge in [0.05, 0.1) is 23.8 Å². The molecule has 0 aliphatic heterocycles. The number of fused-ring (bicyclic) bond motifs is 1. The molecule has 0 bridgehead atoms. The minimum absolute atomic E-state index is 0.0448. The molecule has 8 nitrogen and oxygen atoms in total. The van der Waals surface area contributed by atoms with Crippen molar-refractivity contribution < 1.29 is 19.8 Å². The van der Waals surface area contributed by atoms with Crippen molar-refractivity contribution in [3.05, 3.63) is 39.4 Å². The van der Waals surface area contributed by atoms with Crippen LogP contribution in [0, 0.1) is 0 Å². The number of rotatable bonds is 6. The fourth-order valence-corrected chi connectivity index (χ4v) is 2.31. The van der Waals surface area contributed by atoms with Crippen LogP contribution in [-0.2, 0) is 16.1 Å². The van der Waals surface area contributed by atoms with E-state index in [0.29, 0.717) is 10.9 Å². The minimum Gasteiger partial charge on any atom is -0.479 e. The van der Waals surface area contributed by atoms with Gasteiger partial charge in [-0.2, -0.15) is 0 Å². The fraction of sp³-hybridized carbons (Fsp3) is 0.333.